The summed E-state index contributed by atoms with van der Waals surface area (Å²) in [5.74, 6) is 1.65. The summed E-state index contributed by atoms with van der Waals surface area (Å²) in [7, 11) is 3.18. The Morgan fingerprint density at radius 2 is 1.39 bits per heavy atom. The van der Waals surface area contributed by atoms with E-state index in [4.69, 9.17) is 9.47 Å². The van der Waals surface area contributed by atoms with E-state index in [1.165, 1.54) is 35.2 Å². The molecule has 158 valence electrons. The largest absolute Gasteiger partial charge is 0.497 e. The van der Waals surface area contributed by atoms with Crippen molar-refractivity contribution in [2.75, 3.05) is 19.2 Å². The number of methoxy groups -OCH3 is 2. The topological polar surface area (TPSA) is 86.0 Å². The van der Waals surface area contributed by atoms with E-state index >= 15 is 0 Å². The highest BCUT2D eigenvalue weighted by molar-refractivity contribution is 8.14. The Hall–Kier alpha value is -3.59. The number of carbonyl (C=O) groups is 2. The zero-order valence-electron chi connectivity index (χ0n) is 17.4. The Balaban J connectivity index is 1.84. The summed E-state index contributed by atoms with van der Waals surface area (Å²) < 4.78 is 11.9. The van der Waals surface area contributed by atoms with Gasteiger partial charge in [0.25, 0.3) is 0 Å². The first-order valence-corrected chi connectivity index (χ1v) is 10.2. The van der Waals surface area contributed by atoms with Crippen molar-refractivity contribution in [2.45, 2.75) is 18.9 Å². The zero-order chi connectivity index (χ0) is 22.1. The van der Waals surface area contributed by atoms with Crippen molar-refractivity contribution in [3.8, 4) is 22.9 Å². The van der Waals surface area contributed by atoms with Gasteiger partial charge in [-0.3, -0.25) is 14.2 Å². The number of hydrogen-bond acceptors (Lipinski definition) is 7. The molecule has 1 aromatic heterocycles. The molecule has 0 aliphatic carbocycles. The Morgan fingerprint density at radius 3 is 1.87 bits per heavy atom. The molecule has 0 N–H and O–H groups in total. The summed E-state index contributed by atoms with van der Waals surface area (Å²) in [6.45, 7) is 2.88. The molecule has 1 aliphatic rings. The number of nitrogens with zero attached hydrogens (tertiary/aromatic N) is 4. The molecular weight excluding hydrogens is 416 g/mol. The van der Waals surface area contributed by atoms with Crippen molar-refractivity contribution in [2.24, 2.45) is 5.10 Å². The van der Waals surface area contributed by atoms with Crippen molar-refractivity contribution in [1.82, 2.24) is 9.55 Å². The summed E-state index contributed by atoms with van der Waals surface area (Å²) in [4.78, 5) is 29.6. The van der Waals surface area contributed by atoms with E-state index in [0.29, 0.717) is 33.2 Å². The molecule has 0 saturated heterocycles. The minimum Gasteiger partial charge on any atom is -0.497 e. The number of amides is 1. The molecule has 4 rings (SSSR count). The molecule has 31 heavy (non-hydrogen) atoms. The molecule has 0 fully saturated rings. The van der Waals surface area contributed by atoms with Crippen molar-refractivity contribution in [1.29, 1.82) is 0 Å². The molecule has 0 radical (unpaired) electrons. The van der Waals surface area contributed by atoms with Crippen LogP contribution in [0.15, 0.2) is 58.7 Å². The number of anilines is 1. The van der Waals surface area contributed by atoms with Gasteiger partial charge in [-0.05, 0) is 60.3 Å². The predicted octanol–water partition coefficient (Wildman–Crippen LogP) is 4.05. The van der Waals surface area contributed by atoms with Crippen molar-refractivity contribution in [3.05, 3.63) is 54.1 Å². The van der Waals surface area contributed by atoms with E-state index < -0.39 is 0 Å². The van der Waals surface area contributed by atoms with Gasteiger partial charge in [0.05, 0.1) is 14.2 Å². The number of hydrazone groups is 1. The standard InChI is InChI=1S/C22H20N4O4S/c1-13(27)25-19(15-5-9-17(29-3)10-6-15)23-20-22(25)31-21(24-26(20)14(2)28)16-7-11-18(30-4)12-8-16/h5-12H,1-4H3. The van der Waals surface area contributed by atoms with Gasteiger partial charge < -0.3 is 9.47 Å². The molecule has 1 aliphatic heterocycles. The summed E-state index contributed by atoms with van der Waals surface area (Å²) in [5, 5.41) is 6.85. The number of carbonyl (C=O) groups excluding carboxylic acids is 2. The van der Waals surface area contributed by atoms with Crippen LogP contribution in [0, 0.1) is 0 Å². The van der Waals surface area contributed by atoms with E-state index in [1.807, 2.05) is 36.4 Å². The highest BCUT2D eigenvalue weighted by Crippen LogP contribution is 2.41. The summed E-state index contributed by atoms with van der Waals surface area (Å²) in [6.07, 6.45) is 0. The Morgan fingerprint density at radius 1 is 0.839 bits per heavy atom. The number of imidazole rings is 1. The van der Waals surface area contributed by atoms with E-state index in [0.717, 1.165) is 11.1 Å². The van der Waals surface area contributed by atoms with Crippen LogP contribution in [-0.2, 0) is 4.79 Å². The fraction of sp³-hybridized carbons (Fsp3) is 0.182. The van der Waals surface area contributed by atoms with Gasteiger partial charge in [0, 0.05) is 25.0 Å². The predicted molar refractivity (Wildman–Crippen MR) is 119 cm³/mol. The highest BCUT2D eigenvalue weighted by atomic mass is 32.2. The summed E-state index contributed by atoms with van der Waals surface area (Å²) in [5.41, 5.74) is 1.52. The van der Waals surface area contributed by atoms with Crippen molar-refractivity contribution >= 4 is 34.4 Å². The van der Waals surface area contributed by atoms with E-state index in [-0.39, 0.29) is 11.8 Å². The van der Waals surface area contributed by atoms with Crippen LogP contribution >= 0.6 is 11.8 Å². The van der Waals surface area contributed by atoms with Crippen LogP contribution in [0.4, 0.5) is 5.82 Å². The summed E-state index contributed by atoms with van der Waals surface area (Å²) >= 11 is 1.29. The van der Waals surface area contributed by atoms with Gasteiger partial charge in [-0.1, -0.05) is 0 Å². The first-order valence-electron chi connectivity index (χ1n) is 9.42. The monoisotopic (exact) mass is 436 g/mol. The SMILES string of the molecule is COc1ccc(C2=NN(C(C)=O)c3nc(-c4ccc(OC)cc4)n(C(C)=O)c3S2)cc1. The van der Waals surface area contributed by atoms with Crippen LogP contribution in [0.1, 0.15) is 24.2 Å². The van der Waals surface area contributed by atoms with E-state index in [9.17, 15) is 9.59 Å². The molecule has 0 bridgehead atoms. The van der Waals surface area contributed by atoms with E-state index in [1.54, 1.807) is 26.4 Å². The Labute approximate surface area is 183 Å². The van der Waals surface area contributed by atoms with Crippen LogP contribution in [0.3, 0.4) is 0 Å². The number of hydrogen-bond donors (Lipinski definition) is 0. The van der Waals surface area contributed by atoms with Gasteiger partial charge in [-0.15, -0.1) is 0 Å². The number of thioether (sulfide) groups is 1. The average molecular weight is 436 g/mol. The van der Waals surface area contributed by atoms with Gasteiger partial charge in [-0.25, -0.2) is 4.98 Å². The maximum Gasteiger partial charge on any atom is 0.245 e. The van der Waals surface area contributed by atoms with Gasteiger partial charge in [0.2, 0.25) is 11.8 Å². The molecule has 0 spiro atoms. The third-order valence-electron chi connectivity index (χ3n) is 4.70. The van der Waals surface area contributed by atoms with Crippen molar-refractivity contribution in [3.63, 3.8) is 0 Å². The molecule has 3 aromatic rings. The molecule has 0 saturated carbocycles. The third kappa shape index (κ3) is 3.79. The van der Waals surface area contributed by atoms with Crippen LogP contribution < -0.4 is 14.5 Å². The Bertz CT molecular complexity index is 1180. The lowest BCUT2D eigenvalue weighted by molar-refractivity contribution is -0.116. The minimum absolute atomic E-state index is 0.216. The first-order chi connectivity index (χ1) is 14.9. The average Bonchev–Trinajstić information content (AvgIpc) is 3.18. The van der Waals surface area contributed by atoms with Crippen molar-refractivity contribution < 1.29 is 19.1 Å². The number of benzene rings is 2. The lowest BCUT2D eigenvalue weighted by Gasteiger charge is -2.21. The van der Waals surface area contributed by atoms with Crippen LogP contribution in [0.2, 0.25) is 0 Å². The maximum atomic E-state index is 12.6. The second-order valence-corrected chi connectivity index (χ2v) is 7.69. The molecule has 8 nitrogen and oxygen atoms in total. The smallest absolute Gasteiger partial charge is 0.245 e. The molecule has 2 aromatic carbocycles. The quantitative estimate of drug-likeness (QED) is 0.613. The van der Waals surface area contributed by atoms with Crippen LogP contribution in [-0.4, -0.2) is 40.6 Å². The zero-order valence-corrected chi connectivity index (χ0v) is 18.3. The normalized spacial score (nSPS) is 12.8. The Kier molecular flexibility index (Phi) is 5.51. The fourth-order valence-electron chi connectivity index (χ4n) is 3.17. The van der Waals surface area contributed by atoms with Crippen LogP contribution in [0.25, 0.3) is 11.4 Å². The second-order valence-electron chi connectivity index (χ2n) is 6.71. The van der Waals surface area contributed by atoms with Crippen LogP contribution in [0.5, 0.6) is 11.5 Å². The lowest BCUT2D eigenvalue weighted by atomic mass is 10.2. The number of ether oxygens (including phenoxy) is 2. The molecule has 2 heterocycles. The molecular formula is C22H20N4O4S. The second kappa shape index (κ2) is 8.27. The van der Waals surface area contributed by atoms with Gasteiger partial charge in [-0.2, -0.15) is 10.1 Å². The minimum atomic E-state index is -0.304. The molecule has 1 amide bonds. The molecule has 0 atom stereocenters. The number of aromatic nitrogens is 2. The number of fused-ring (bicyclic) bond motifs is 1. The first kappa shape index (κ1) is 20.7. The molecule has 0 unspecified atom stereocenters. The third-order valence-corrected chi connectivity index (χ3v) is 5.77. The maximum absolute atomic E-state index is 12.6. The number of rotatable bonds is 4. The fourth-order valence-corrected chi connectivity index (χ4v) is 4.26. The van der Waals surface area contributed by atoms with Gasteiger partial charge >= 0.3 is 0 Å². The lowest BCUT2D eigenvalue weighted by Crippen LogP contribution is -2.28. The highest BCUT2D eigenvalue weighted by Gasteiger charge is 2.32. The van der Waals surface area contributed by atoms with E-state index in [2.05, 4.69) is 10.1 Å². The molecule has 9 heteroatoms. The summed E-state index contributed by atoms with van der Waals surface area (Å²) in [6, 6.07) is 14.6. The van der Waals surface area contributed by atoms with Gasteiger partial charge in [0.1, 0.15) is 27.4 Å². The van der Waals surface area contributed by atoms with Gasteiger partial charge in [0.15, 0.2) is 5.82 Å².